The lowest BCUT2D eigenvalue weighted by Crippen LogP contribution is -2.32. The highest BCUT2D eigenvalue weighted by molar-refractivity contribution is 5.75. The highest BCUT2D eigenvalue weighted by Gasteiger charge is 2.21. The SMILES string of the molecule is CCN(c1ccc(C=O)cc1)C1CCCC1. The molecule has 16 heavy (non-hydrogen) atoms. The van der Waals surface area contributed by atoms with Crippen LogP contribution in [0.15, 0.2) is 24.3 Å². The molecule has 0 amide bonds. The van der Waals surface area contributed by atoms with Gasteiger partial charge in [0.05, 0.1) is 0 Å². The van der Waals surface area contributed by atoms with Crippen molar-refractivity contribution < 1.29 is 4.79 Å². The fraction of sp³-hybridized carbons (Fsp3) is 0.500. The Hall–Kier alpha value is -1.31. The maximum Gasteiger partial charge on any atom is 0.150 e. The lowest BCUT2D eigenvalue weighted by atomic mass is 10.1. The number of rotatable bonds is 4. The first kappa shape index (κ1) is 11.2. The maximum atomic E-state index is 10.6. The Balaban J connectivity index is 2.15. The van der Waals surface area contributed by atoms with Crippen LogP contribution in [0.5, 0.6) is 0 Å². The van der Waals surface area contributed by atoms with Crippen LogP contribution in [0, 0.1) is 0 Å². The molecule has 0 unspecified atom stereocenters. The Morgan fingerprint density at radius 3 is 2.38 bits per heavy atom. The number of aldehydes is 1. The van der Waals surface area contributed by atoms with Gasteiger partial charge in [0.1, 0.15) is 6.29 Å². The predicted octanol–water partition coefficient (Wildman–Crippen LogP) is 3.27. The van der Waals surface area contributed by atoms with E-state index in [2.05, 4.69) is 24.0 Å². The summed E-state index contributed by atoms with van der Waals surface area (Å²) in [6.07, 6.45) is 6.23. The summed E-state index contributed by atoms with van der Waals surface area (Å²) in [6, 6.07) is 8.63. The highest BCUT2D eigenvalue weighted by atomic mass is 16.1. The van der Waals surface area contributed by atoms with Crippen LogP contribution in [0.25, 0.3) is 0 Å². The number of hydrogen-bond donors (Lipinski definition) is 0. The summed E-state index contributed by atoms with van der Waals surface area (Å²) in [6.45, 7) is 3.25. The lowest BCUT2D eigenvalue weighted by molar-refractivity contribution is 0.112. The van der Waals surface area contributed by atoms with Crippen LogP contribution >= 0.6 is 0 Å². The Morgan fingerprint density at radius 1 is 1.25 bits per heavy atom. The molecule has 1 aliphatic rings. The van der Waals surface area contributed by atoms with E-state index in [9.17, 15) is 4.79 Å². The average molecular weight is 217 g/mol. The molecule has 2 rings (SSSR count). The summed E-state index contributed by atoms with van der Waals surface area (Å²) in [4.78, 5) is 13.1. The summed E-state index contributed by atoms with van der Waals surface area (Å²) >= 11 is 0. The molecule has 0 bridgehead atoms. The van der Waals surface area contributed by atoms with Gasteiger partial charge < -0.3 is 4.90 Å². The average Bonchev–Trinajstić information content (AvgIpc) is 2.85. The van der Waals surface area contributed by atoms with Gasteiger partial charge in [0, 0.05) is 23.8 Å². The molecule has 0 atom stereocenters. The van der Waals surface area contributed by atoms with Crippen LogP contribution in [0.3, 0.4) is 0 Å². The number of carbonyl (C=O) groups is 1. The topological polar surface area (TPSA) is 20.3 Å². The van der Waals surface area contributed by atoms with Crippen LogP contribution in [-0.2, 0) is 0 Å². The number of carbonyl (C=O) groups excluding carboxylic acids is 1. The van der Waals surface area contributed by atoms with E-state index >= 15 is 0 Å². The van der Waals surface area contributed by atoms with E-state index < -0.39 is 0 Å². The minimum atomic E-state index is 0.701. The molecule has 2 heteroatoms. The minimum Gasteiger partial charge on any atom is -0.369 e. The van der Waals surface area contributed by atoms with Crippen molar-refractivity contribution in [3.05, 3.63) is 29.8 Å². The molecule has 0 saturated heterocycles. The van der Waals surface area contributed by atoms with E-state index in [-0.39, 0.29) is 0 Å². The van der Waals surface area contributed by atoms with Crippen molar-refractivity contribution in [1.29, 1.82) is 0 Å². The fourth-order valence-corrected chi connectivity index (χ4v) is 2.61. The van der Waals surface area contributed by atoms with Crippen molar-refractivity contribution >= 4 is 12.0 Å². The number of hydrogen-bond acceptors (Lipinski definition) is 2. The molecule has 0 N–H and O–H groups in total. The second-order valence-corrected chi connectivity index (χ2v) is 4.43. The van der Waals surface area contributed by atoms with E-state index in [1.807, 2.05) is 12.1 Å². The quantitative estimate of drug-likeness (QED) is 0.721. The second kappa shape index (κ2) is 5.15. The highest BCUT2D eigenvalue weighted by Crippen LogP contribution is 2.27. The molecule has 0 aromatic heterocycles. The number of anilines is 1. The summed E-state index contributed by atoms with van der Waals surface area (Å²) in [7, 11) is 0. The van der Waals surface area contributed by atoms with Crippen molar-refractivity contribution in [2.45, 2.75) is 38.6 Å². The second-order valence-electron chi connectivity index (χ2n) is 4.43. The maximum absolute atomic E-state index is 10.6. The smallest absolute Gasteiger partial charge is 0.150 e. The van der Waals surface area contributed by atoms with Gasteiger partial charge >= 0.3 is 0 Å². The van der Waals surface area contributed by atoms with E-state index in [1.165, 1.54) is 31.4 Å². The first-order valence-corrected chi connectivity index (χ1v) is 6.17. The first-order chi connectivity index (χ1) is 7.85. The van der Waals surface area contributed by atoms with Crippen molar-refractivity contribution in [3.8, 4) is 0 Å². The predicted molar refractivity (Wildman–Crippen MR) is 67.1 cm³/mol. The van der Waals surface area contributed by atoms with Crippen molar-refractivity contribution in [3.63, 3.8) is 0 Å². The molecule has 1 fully saturated rings. The number of nitrogens with zero attached hydrogens (tertiary/aromatic N) is 1. The van der Waals surface area contributed by atoms with E-state index in [1.54, 1.807) is 0 Å². The molecule has 0 radical (unpaired) electrons. The molecule has 0 spiro atoms. The summed E-state index contributed by atoms with van der Waals surface area (Å²) in [5.41, 5.74) is 2.01. The first-order valence-electron chi connectivity index (χ1n) is 6.17. The van der Waals surface area contributed by atoms with Crippen molar-refractivity contribution in [1.82, 2.24) is 0 Å². The lowest BCUT2D eigenvalue weighted by Gasteiger charge is -2.30. The zero-order valence-corrected chi connectivity index (χ0v) is 9.86. The van der Waals surface area contributed by atoms with Gasteiger partial charge in [-0.2, -0.15) is 0 Å². The van der Waals surface area contributed by atoms with E-state index in [0.29, 0.717) is 6.04 Å². The van der Waals surface area contributed by atoms with Crippen LogP contribution in [-0.4, -0.2) is 18.9 Å². The largest absolute Gasteiger partial charge is 0.369 e. The molecule has 1 saturated carbocycles. The van der Waals surface area contributed by atoms with Crippen LogP contribution in [0.1, 0.15) is 43.0 Å². The van der Waals surface area contributed by atoms with Gasteiger partial charge in [-0.15, -0.1) is 0 Å². The molecular weight excluding hydrogens is 198 g/mol. The van der Waals surface area contributed by atoms with Crippen LogP contribution < -0.4 is 4.90 Å². The van der Waals surface area contributed by atoms with Crippen LogP contribution in [0.4, 0.5) is 5.69 Å². The monoisotopic (exact) mass is 217 g/mol. The van der Waals surface area contributed by atoms with Crippen molar-refractivity contribution in [2.24, 2.45) is 0 Å². The fourth-order valence-electron chi connectivity index (χ4n) is 2.61. The molecule has 0 heterocycles. The third kappa shape index (κ3) is 2.26. The molecule has 0 aliphatic heterocycles. The Labute approximate surface area is 97.3 Å². The molecular formula is C14H19NO. The van der Waals surface area contributed by atoms with Gasteiger partial charge in [0.2, 0.25) is 0 Å². The Bertz CT molecular complexity index is 338. The Morgan fingerprint density at radius 2 is 1.88 bits per heavy atom. The molecule has 2 nitrogen and oxygen atoms in total. The molecule has 1 aromatic rings. The van der Waals surface area contributed by atoms with Gasteiger partial charge in [-0.3, -0.25) is 4.79 Å². The van der Waals surface area contributed by atoms with Crippen molar-refractivity contribution in [2.75, 3.05) is 11.4 Å². The minimum absolute atomic E-state index is 0.701. The third-order valence-corrected chi connectivity index (χ3v) is 3.47. The summed E-state index contributed by atoms with van der Waals surface area (Å²) in [5, 5.41) is 0. The molecule has 86 valence electrons. The normalized spacial score (nSPS) is 16.3. The van der Waals surface area contributed by atoms with E-state index in [4.69, 9.17) is 0 Å². The molecule has 1 aromatic carbocycles. The molecule has 1 aliphatic carbocycles. The van der Waals surface area contributed by atoms with E-state index in [0.717, 1.165) is 18.4 Å². The number of benzene rings is 1. The van der Waals surface area contributed by atoms with Gasteiger partial charge in [-0.1, -0.05) is 12.8 Å². The van der Waals surface area contributed by atoms with Gasteiger partial charge in [0.15, 0.2) is 0 Å². The summed E-state index contributed by atoms with van der Waals surface area (Å²) in [5.74, 6) is 0. The summed E-state index contributed by atoms with van der Waals surface area (Å²) < 4.78 is 0. The van der Waals surface area contributed by atoms with Gasteiger partial charge in [-0.05, 0) is 44.0 Å². The van der Waals surface area contributed by atoms with Gasteiger partial charge in [0.25, 0.3) is 0 Å². The Kier molecular flexibility index (Phi) is 3.60. The standard InChI is InChI=1S/C14H19NO/c1-2-15(13-5-3-4-6-13)14-9-7-12(11-16)8-10-14/h7-11,13H,2-6H2,1H3. The van der Waals surface area contributed by atoms with Crippen LogP contribution in [0.2, 0.25) is 0 Å². The van der Waals surface area contributed by atoms with Gasteiger partial charge in [-0.25, -0.2) is 0 Å². The third-order valence-electron chi connectivity index (χ3n) is 3.47. The zero-order chi connectivity index (χ0) is 11.4. The zero-order valence-electron chi connectivity index (χ0n) is 9.86.